The summed E-state index contributed by atoms with van der Waals surface area (Å²) in [5.74, 6) is 1.77. The highest BCUT2D eigenvalue weighted by molar-refractivity contribution is 6.30. The number of aliphatic hydroxyl groups is 1. The number of nitrogens with one attached hydrogen (secondary N) is 1. The lowest BCUT2D eigenvalue weighted by Crippen LogP contribution is -2.25. The van der Waals surface area contributed by atoms with Crippen molar-refractivity contribution in [3.8, 4) is 0 Å². The number of hydrogen-bond acceptors (Lipinski definition) is 7. The highest BCUT2D eigenvalue weighted by Gasteiger charge is 2.45. The SMILES string of the molecule is O=C(Nc1cc(N2C[C@@H](CO)C[C@@H]2c2cn3cc(C4CC4)ccc3n2)ncn1)[C@H]1C[C@@H]1c1cc(Cl)ccn1. The number of carbonyl (C=O) groups is 1. The number of aromatic nitrogens is 5. The Bertz CT molecular complexity index is 1520. The Labute approximate surface area is 224 Å². The molecule has 2 aliphatic carbocycles. The zero-order valence-electron chi connectivity index (χ0n) is 20.7. The largest absolute Gasteiger partial charge is 0.396 e. The van der Waals surface area contributed by atoms with Gasteiger partial charge in [-0.15, -0.1) is 0 Å². The number of halogens is 1. The van der Waals surface area contributed by atoms with Crippen molar-refractivity contribution in [1.29, 1.82) is 0 Å². The van der Waals surface area contributed by atoms with Crippen LogP contribution >= 0.6 is 11.6 Å². The first kappa shape index (κ1) is 23.5. The second-order valence-corrected chi connectivity index (χ2v) is 11.2. The van der Waals surface area contributed by atoms with E-state index in [4.69, 9.17) is 16.6 Å². The highest BCUT2D eigenvalue weighted by Crippen LogP contribution is 2.47. The molecule has 7 rings (SSSR count). The van der Waals surface area contributed by atoms with Crippen LogP contribution in [0.3, 0.4) is 0 Å². The van der Waals surface area contributed by atoms with E-state index >= 15 is 0 Å². The summed E-state index contributed by atoms with van der Waals surface area (Å²) >= 11 is 6.09. The van der Waals surface area contributed by atoms with E-state index in [1.54, 1.807) is 18.3 Å². The molecule has 2 N–H and O–H groups in total. The molecule has 0 aromatic carbocycles. The molecule has 0 spiro atoms. The maximum atomic E-state index is 12.9. The third kappa shape index (κ3) is 4.50. The standard InChI is InChI=1S/C28H28ClN7O2/c29-19-5-6-30-22(8-19)20-9-21(20)28(38)34-25-10-27(32-15-31-25)36-11-16(14-37)7-24(36)23-13-35-12-18(17-1-2-17)3-4-26(35)33-23/h3-6,8,10,12-13,15-17,20-21,24,37H,1-2,7,9,11,14H2,(H,31,32,34,38)/t16-,20-,21-,24+/m0/s1. The number of aliphatic hydroxyl groups excluding tert-OH is 1. The van der Waals surface area contributed by atoms with Gasteiger partial charge in [0.2, 0.25) is 5.91 Å². The van der Waals surface area contributed by atoms with Crippen LogP contribution < -0.4 is 10.2 Å². The Balaban J connectivity index is 1.10. The fourth-order valence-corrected chi connectivity index (χ4v) is 5.83. The Morgan fingerprint density at radius 3 is 2.79 bits per heavy atom. The van der Waals surface area contributed by atoms with E-state index < -0.39 is 0 Å². The van der Waals surface area contributed by atoms with Crippen LogP contribution in [0.5, 0.6) is 0 Å². The van der Waals surface area contributed by atoms with Gasteiger partial charge in [0.15, 0.2) is 0 Å². The van der Waals surface area contributed by atoms with E-state index in [1.165, 1.54) is 24.7 Å². The second-order valence-electron chi connectivity index (χ2n) is 10.7. The number of fused-ring (bicyclic) bond motifs is 1. The molecule has 2 saturated carbocycles. The van der Waals surface area contributed by atoms with Gasteiger partial charge in [-0.1, -0.05) is 17.7 Å². The number of pyridine rings is 2. The number of anilines is 2. The summed E-state index contributed by atoms with van der Waals surface area (Å²) in [6.45, 7) is 0.749. The first-order valence-corrected chi connectivity index (χ1v) is 13.5. The topological polar surface area (TPSA) is 109 Å². The van der Waals surface area contributed by atoms with Crippen LogP contribution in [0.2, 0.25) is 5.02 Å². The van der Waals surface area contributed by atoms with Crippen LogP contribution in [0, 0.1) is 11.8 Å². The van der Waals surface area contributed by atoms with E-state index in [2.05, 4.69) is 54.1 Å². The molecule has 0 radical (unpaired) electrons. The van der Waals surface area contributed by atoms with Gasteiger partial charge in [0.05, 0.1) is 11.7 Å². The molecule has 4 atom stereocenters. The smallest absolute Gasteiger partial charge is 0.229 e. The third-order valence-electron chi connectivity index (χ3n) is 7.98. The van der Waals surface area contributed by atoms with Gasteiger partial charge >= 0.3 is 0 Å². The van der Waals surface area contributed by atoms with Crippen molar-refractivity contribution < 1.29 is 9.90 Å². The van der Waals surface area contributed by atoms with Gasteiger partial charge in [0.1, 0.15) is 23.6 Å². The summed E-state index contributed by atoms with van der Waals surface area (Å²) < 4.78 is 2.11. The summed E-state index contributed by atoms with van der Waals surface area (Å²) in [4.78, 5) is 33.2. The number of imidazole rings is 1. The van der Waals surface area contributed by atoms with Crippen LogP contribution in [0.4, 0.5) is 11.6 Å². The minimum absolute atomic E-state index is 0.0309. The van der Waals surface area contributed by atoms with Crippen molar-refractivity contribution in [2.45, 2.75) is 43.6 Å². The minimum Gasteiger partial charge on any atom is -0.396 e. The van der Waals surface area contributed by atoms with Crippen LogP contribution in [0.1, 0.15) is 60.5 Å². The lowest BCUT2D eigenvalue weighted by Gasteiger charge is -2.24. The first-order chi connectivity index (χ1) is 18.6. The molecule has 9 nitrogen and oxygen atoms in total. The normalized spacial score (nSPS) is 24.6. The lowest BCUT2D eigenvalue weighted by molar-refractivity contribution is -0.117. The maximum absolute atomic E-state index is 12.9. The molecular weight excluding hydrogens is 502 g/mol. The van der Waals surface area contributed by atoms with Gasteiger partial charge in [0, 0.05) is 66.3 Å². The number of rotatable bonds is 7. The fraction of sp³-hybridized carbons (Fsp3) is 0.393. The molecule has 38 heavy (non-hydrogen) atoms. The molecular formula is C28H28ClN7O2. The van der Waals surface area contributed by atoms with Crippen molar-refractivity contribution in [2.75, 3.05) is 23.4 Å². The fourth-order valence-electron chi connectivity index (χ4n) is 5.66. The van der Waals surface area contributed by atoms with Gasteiger partial charge in [-0.25, -0.2) is 15.0 Å². The van der Waals surface area contributed by atoms with E-state index in [0.29, 0.717) is 29.1 Å². The molecule has 3 fully saturated rings. The van der Waals surface area contributed by atoms with Crippen molar-refractivity contribution in [3.63, 3.8) is 0 Å². The van der Waals surface area contributed by atoms with Crippen LogP contribution in [0.25, 0.3) is 5.65 Å². The summed E-state index contributed by atoms with van der Waals surface area (Å²) in [7, 11) is 0. The zero-order chi connectivity index (χ0) is 25.8. The van der Waals surface area contributed by atoms with E-state index in [-0.39, 0.29) is 36.3 Å². The van der Waals surface area contributed by atoms with E-state index in [9.17, 15) is 9.90 Å². The summed E-state index contributed by atoms with van der Waals surface area (Å²) in [5.41, 5.74) is 4.07. The molecule has 3 aliphatic rings. The predicted octanol–water partition coefficient (Wildman–Crippen LogP) is 4.35. The predicted molar refractivity (Wildman–Crippen MR) is 143 cm³/mol. The quantitative estimate of drug-likeness (QED) is 0.366. The molecule has 0 bridgehead atoms. The van der Waals surface area contributed by atoms with Crippen LogP contribution in [0.15, 0.2) is 55.2 Å². The Kier molecular flexibility index (Phi) is 5.78. The molecule has 194 valence electrons. The Hall–Kier alpha value is -3.56. The number of carbonyl (C=O) groups excluding carboxylic acids is 1. The molecule has 4 aromatic heterocycles. The van der Waals surface area contributed by atoms with Gasteiger partial charge in [-0.3, -0.25) is 9.78 Å². The molecule has 0 unspecified atom stereocenters. The summed E-state index contributed by atoms with van der Waals surface area (Å²) in [6.07, 6.45) is 11.5. The van der Waals surface area contributed by atoms with E-state index in [1.807, 2.05) is 6.07 Å². The molecule has 1 amide bonds. The average Bonchev–Trinajstić information content (AvgIpc) is 3.84. The van der Waals surface area contributed by atoms with Gasteiger partial charge in [-0.2, -0.15) is 0 Å². The van der Waals surface area contributed by atoms with Crippen molar-refractivity contribution in [3.05, 3.63) is 77.2 Å². The average molecular weight is 530 g/mol. The monoisotopic (exact) mass is 529 g/mol. The van der Waals surface area contributed by atoms with Crippen LogP contribution in [-0.2, 0) is 4.79 Å². The molecule has 5 heterocycles. The van der Waals surface area contributed by atoms with Gasteiger partial charge < -0.3 is 19.7 Å². The number of hydrogen-bond donors (Lipinski definition) is 2. The summed E-state index contributed by atoms with van der Waals surface area (Å²) in [6, 6.07) is 9.59. The third-order valence-corrected chi connectivity index (χ3v) is 8.21. The number of nitrogens with zero attached hydrogens (tertiary/aromatic N) is 6. The number of amides is 1. The molecule has 10 heteroatoms. The second kappa shape index (κ2) is 9.32. The van der Waals surface area contributed by atoms with Gasteiger partial charge in [-0.05, 0) is 55.4 Å². The van der Waals surface area contributed by atoms with Gasteiger partial charge in [0.25, 0.3) is 0 Å². The zero-order valence-corrected chi connectivity index (χ0v) is 21.5. The Morgan fingerprint density at radius 2 is 1.97 bits per heavy atom. The lowest BCUT2D eigenvalue weighted by atomic mass is 10.1. The van der Waals surface area contributed by atoms with Crippen molar-refractivity contribution >= 4 is 34.8 Å². The highest BCUT2D eigenvalue weighted by atomic mass is 35.5. The van der Waals surface area contributed by atoms with Crippen molar-refractivity contribution in [2.24, 2.45) is 11.8 Å². The van der Waals surface area contributed by atoms with Crippen molar-refractivity contribution in [1.82, 2.24) is 24.3 Å². The molecule has 4 aromatic rings. The van der Waals surface area contributed by atoms with Crippen LogP contribution in [-0.4, -0.2) is 48.5 Å². The Morgan fingerprint density at radius 1 is 1.08 bits per heavy atom. The minimum atomic E-state index is -0.156. The first-order valence-electron chi connectivity index (χ1n) is 13.2. The summed E-state index contributed by atoms with van der Waals surface area (Å²) in [5, 5.41) is 13.5. The van der Waals surface area contributed by atoms with E-state index in [0.717, 1.165) is 29.9 Å². The molecule has 1 saturated heterocycles. The maximum Gasteiger partial charge on any atom is 0.229 e. The molecule has 1 aliphatic heterocycles.